The molecule has 0 bridgehead atoms. The summed E-state index contributed by atoms with van der Waals surface area (Å²) in [7, 11) is 0. The summed E-state index contributed by atoms with van der Waals surface area (Å²) in [6.07, 6.45) is 9.25. The molecule has 4 heteroatoms. The van der Waals surface area contributed by atoms with Crippen LogP contribution in [0.2, 0.25) is 0 Å². The quantitative estimate of drug-likeness (QED) is 0.156. The Morgan fingerprint density at radius 2 is 1.58 bits per heavy atom. The van der Waals surface area contributed by atoms with Gasteiger partial charge in [0.25, 0.3) is 0 Å². The highest BCUT2D eigenvalue weighted by Crippen LogP contribution is 2.25. The van der Waals surface area contributed by atoms with Gasteiger partial charge in [0.05, 0.1) is 18.3 Å². The van der Waals surface area contributed by atoms with Crippen LogP contribution in [0.1, 0.15) is 84.1 Å². The lowest BCUT2D eigenvalue weighted by Gasteiger charge is -2.23. The maximum atomic E-state index is 10.6. The highest BCUT2D eigenvalue weighted by molar-refractivity contribution is 6.25. The van der Waals surface area contributed by atoms with E-state index in [1.165, 1.54) is 5.56 Å². The van der Waals surface area contributed by atoms with Crippen LogP contribution in [0.25, 0.3) is 0 Å². The van der Waals surface area contributed by atoms with Crippen LogP contribution in [-0.4, -0.2) is 33.6 Å². The van der Waals surface area contributed by atoms with E-state index in [-0.39, 0.29) is 30.1 Å². The van der Waals surface area contributed by atoms with E-state index in [0.29, 0.717) is 18.8 Å². The second kappa shape index (κ2) is 17.3. The molecule has 0 heterocycles. The second-order valence-electron chi connectivity index (χ2n) is 10.1. The van der Waals surface area contributed by atoms with Crippen molar-refractivity contribution in [3.05, 3.63) is 59.7 Å². The van der Waals surface area contributed by atoms with Gasteiger partial charge in [-0.25, -0.2) is 0 Å². The highest BCUT2D eigenvalue weighted by atomic mass is 35.5. The molecule has 1 aromatic carbocycles. The topological polar surface area (TPSA) is 60.7 Å². The third-order valence-corrected chi connectivity index (χ3v) is 7.13. The van der Waals surface area contributed by atoms with Crippen molar-refractivity contribution in [1.29, 1.82) is 0 Å². The van der Waals surface area contributed by atoms with Gasteiger partial charge in [-0.1, -0.05) is 87.2 Å². The lowest BCUT2D eigenvalue weighted by Crippen LogP contribution is -2.21. The van der Waals surface area contributed by atoms with Crippen molar-refractivity contribution in [3.63, 3.8) is 0 Å². The Hall–Kier alpha value is -1.13. The van der Waals surface area contributed by atoms with Gasteiger partial charge in [0, 0.05) is 5.54 Å². The Balaban J connectivity index is 2.25. The summed E-state index contributed by atoms with van der Waals surface area (Å²) in [5.41, 5.74) is 3.87. The first-order valence-electron chi connectivity index (χ1n) is 12.7. The molecule has 188 valence electrons. The summed E-state index contributed by atoms with van der Waals surface area (Å²) in [5.74, 6) is 0.971. The fourth-order valence-electron chi connectivity index (χ4n) is 4.50. The van der Waals surface area contributed by atoms with Crippen LogP contribution in [0.15, 0.2) is 54.1 Å². The van der Waals surface area contributed by atoms with Crippen molar-refractivity contribution in [2.24, 2.45) is 17.8 Å². The molecule has 0 aliphatic rings. The minimum Gasteiger partial charge on any atom is -0.393 e. The summed E-state index contributed by atoms with van der Waals surface area (Å²) < 4.78 is 0. The first-order valence-corrected chi connectivity index (χ1v) is 13.2. The molecule has 1 rings (SSSR count). The summed E-state index contributed by atoms with van der Waals surface area (Å²) >= 11 is 6.01. The van der Waals surface area contributed by atoms with Crippen LogP contribution in [0, 0.1) is 17.8 Å². The molecule has 0 spiro atoms. The Kier molecular flexibility index (Phi) is 15.7. The Bertz CT molecular complexity index is 660. The Morgan fingerprint density at radius 1 is 0.909 bits per heavy atom. The van der Waals surface area contributed by atoms with E-state index in [9.17, 15) is 15.3 Å². The second-order valence-corrected chi connectivity index (χ2v) is 10.3. The van der Waals surface area contributed by atoms with Crippen molar-refractivity contribution >= 4 is 11.6 Å². The summed E-state index contributed by atoms with van der Waals surface area (Å²) in [6.45, 7) is 10.1. The molecular weight excluding hydrogens is 432 g/mol. The highest BCUT2D eigenvalue weighted by Gasteiger charge is 2.19. The molecule has 0 amide bonds. The smallest absolute Gasteiger partial charge is 0.0600 e. The van der Waals surface area contributed by atoms with E-state index >= 15 is 0 Å². The van der Waals surface area contributed by atoms with Crippen molar-refractivity contribution in [1.82, 2.24) is 0 Å². The zero-order chi connectivity index (χ0) is 24.6. The molecule has 0 aliphatic carbocycles. The van der Waals surface area contributed by atoms with Crippen molar-refractivity contribution < 1.29 is 15.3 Å². The lowest BCUT2D eigenvalue weighted by molar-refractivity contribution is 0.0851. The predicted octanol–water partition coefficient (Wildman–Crippen LogP) is 7.04. The molecule has 0 radical (unpaired) electrons. The Labute approximate surface area is 207 Å². The molecule has 3 N–H and O–H groups in total. The first-order chi connectivity index (χ1) is 15.8. The molecule has 0 saturated carbocycles. The zero-order valence-corrected chi connectivity index (χ0v) is 21.8. The number of aliphatic hydroxyl groups excluding tert-OH is 3. The first kappa shape index (κ1) is 29.9. The average Bonchev–Trinajstić information content (AvgIpc) is 2.80. The van der Waals surface area contributed by atoms with Gasteiger partial charge in [-0.15, -0.1) is 6.58 Å². The minimum atomic E-state index is -0.389. The van der Waals surface area contributed by atoms with Crippen molar-refractivity contribution in [2.45, 2.75) is 103 Å². The normalized spacial score (nSPS) is 17.7. The van der Waals surface area contributed by atoms with E-state index in [0.717, 1.165) is 56.9 Å². The molecule has 0 aromatic heterocycles. The number of benzene rings is 1. The maximum absolute atomic E-state index is 10.6. The van der Waals surface area contributed by atoms with E-state index in [1.807, 2.05) is 18.2 Å². The van der Waals surface area contributed by atoms with Crippen LogP contribution < -0.4 is 0 Å². The van der Waals surface area contributed by atoms with Crippen molar-refractivity contribution in [2.75, 3.05) is 0 Å². The summed E-state index contributed by atoms with van der Waals surface area (Å²) in [4.78, 5) is 0. The van der Waals surface area contributed by atoms with Gasteiger partial charge in [-0.2, -0.15) is 0 Å². The van der Waals surface area contributed by atoms with Gasteiger partial charge in [0.15, 0.2) is 0 Å². The summed E-state index contributed by atoms with van der Waals surface area (Å²) in [5, 5.41) is 31.1. The number of halogens is 1. The summed E-state index contributed by atoms with van der Waals surface area (Å²) in [6, 6.07) is 10.2. The van der Waals surface area contributed by atoms with E-state index in [1.54, 1.807) is 11.6 Å². The molecule has 0 saturated heterocycles. The largest absolute Gasteiger partial charge is 0.393 e. The molecule has 3 nitrogen and oxygen atoms in total. The fraction of sp³-hybridized carbons (Fsp3) is 0.655. The Morgan fingerprint density at radius 3 is 2.21 bits per heavy atom. The molecule has 0 aliphatic heterocycles. The molecule has 33 heavy (non-hydrogen) atoms. The number of hydrogen-bond donors (Lipinski definition) is 3. The van der Waals surface area contributed by atoms with Gasteiger partial charge in [0.1, 0.15) is 0 Å². The van der Waals surface area contributed by atoms with Gasteiger partial charge < -0.3 is 15.3 Å². The van der Waals surface area contributed by atoms with E-state index < -0.39 is 0 Å². The van der Waals surface area contributed by atoms with Crippen LogP contribution in [0.5, 0.6) is 0 Å². The van der Waals surface area contributed by atoms with Crippen LogP contribution in [0.3, 0.4) is 0 Å². The van der Waals surface area contributed by atoms with Gasteiger partial charge in [0.2, 0.25) is 0 Å². The minimum absolute atomic E-state index is 0.248. The third kappa shape index (κ3) is 13.4. The van der Waals surface area contributed by atoms with Gasteiger partial charge >= 0.3 is 0 Å². The number of hydrogen-bond acceptors (Lipinski definition) is 3. The molecule has 6 atom stereocenters. The van der Waals surface area contributed by atoms with Crippen LogP contribution in [-0.2, 0) is 6.42 Å². The van der Waals surface area contributed by atoms with E-state index in [2.05, 4.69) is 39.5 Å². The van der Waals surface area contributed by atoms with Crippen LogP contribution >= 0.6 is 11.6 Å². The SMILES string of the molecule is C=CCC(O)C(C)CCCCC(O)C(C)CC(C)CCC(O)CC(=CCl)Cc1ccccc1. The van der Waals surface area contributed by atoms with Gasteiger partial charge in [-0.3, -0.25) is 0 Å². The molecule has 1 aromatic rings. The molecule has 0 fully saturated rings. The number of unbranched alkanes of at least 4 members (excludes halogenated alkanes) is 1. The molecule has 6 unspecified atom stereocenters. The average molecular weight is 479 g/mol. The number of aliphatic hydroxyl groups is 3. The van der Waals surface area contributed by atoms with E-state index in [4.69, 9.17) is 11.6 Å². The van der Waals surface area contributed by atoms with Gasteiger partial charge in [-0.05, 0) is 74.7 Å². The fourth-order valence-corrected chi connectivity index (χ4v) is 4.67. The van der Waals surface area contributed by atoms with Crippen LogP contribution in [0.4, 0.5) is 0 Å². The molecular formula is C29H47ClO3. The zero-order valence-electron chi connectivity index (χ0n) is 21.0. The lowest BCUT2D eigenvalue weighted by atomic mass is 9.86. The standard InChI is InChI=1S/C29H47ClO3/c1-5-11-28(32)23(3)12-9-10-15-29(33)24(4)18-22(2)16-17-27(31)20-26(21-30)19-25-13-7-6-8-14-25/h5-8,13-14,21-24,27-29,31-33H,1,9-12,15-20H2,2-4H3. The number of rotatable bonds is 18. The predicted molar refractivity (Wildman–Crippen MR) is 141 cm³/mol. The van der Waals surface area contributed by atoms with Crippen molar-refractivity contribution in [3.8, 4) is 0 Å². The third-order valence-electron chi connectivity index (χ3n) is 6.82. The maximum Gasteiger partial charge on any atom is 0.0600 e. The monoisotopic (exact) mass is 478 g/mol.